The molecule has 22 heavy (non-hydrogen) atoms. The summed E-state index contributed by atoms with van der Waals surface area (Å²) in [6, 6.07) is 3.84. The number of rotatable bonds is 6. The minimum absolute atomic E-state index is 0.229. The van der Waals surface area contributed by atoms with Crippen molar-refractivity contribution in [2.45, 2.75) is 24.7 Å². The Morgan fingerprint density at radius 1 is 1.41 bits per heavy atom. The van der Waals surface area contributed by atoms with Crippen molar-refractivity contribution in [1.82, 2.24) is 0 Å². The maximum Gasteiger partial charge on any atom is 0.161 e. The van der Waals surface area contributed by atoms with Gasteiger partial charge in [0.2, 0.25) is 0 Å². The zero-order valence-electron chi connectivity index (χ0n) is 12.8. The molecule has 0 aliphatic carbocycles. The first kappa shape index (κ1) is 17.4. The van der Waals surface area contributed by atoms with Gasteiger partial charge in [-0.25, -0.2) is 0 Å². The molecule has 1 aliphatic heterocycles. The van der Waals surface area contributed by atoms with E-state index in [4.69, 9.17) is 19.9 Å². The Balaban J connectivity index is 1.93. The third-order valence-corrected chi connectivity index (χ3v) is 5.02. The number of nitrogens with two attached hydrogens (primary N) is 1. The number of ether oxygens (including phenoxy) is 3. The van der Waals surface area contributed by atoms with Gasteiger partial charge in [0.1, 0.15) is 0 Å². The second kappa shape index (κ2) is 8.64. The van der Waals surface area contributed by atoms with Gasteiger partial charge in [0.25, 0.3) is 0 Å². The third-order valence-electron chi connectivity index (χ3n) is 3.40. The molecule has 2 rings (SSSR count). The van der Waals surface area contributed by atoms with E-state index < -0.39 is 0 Å². The first-order valence-electron chi connectivity index (χ1n) is 7.08. The molecule has 2 N–H and O–H groups in total. The Hall–Kier alpha value is -0.920. The summed E-state index contributed by atoms with van der Waals surface area (Å²) in [5.74, 6) is 2.11. The summed E-state index contributed by atoms with van der Waals surface area (Å²) < 4.78 is 17.1. The van der Waals surface area contributed by atoms with Gasteiger partial charge in [0.05, 0.1) is 26.9 Å². The highest BCUT2D eigenvalue weighted by Crippen LogP contribution is 2.34. The van der Waals surface area contributed by atoms with Crippen LogP contribution in [0.5, 0.6) is 11.5 Å². The minimum Gasteiger partial charge on any atom is -0.493 e. The van der Waals surface area contributed by atoms with Crippen LogP contribution < -0.4 is 15.2 Å². The van der Waals surface area contributed by atoms with Crippen LogP contribution in [0.25, 0.3) is 0 Å². The molecule has 0 radical (unpaired) electrons. The van der Waals surface area contributed by atoms with Gasteiger partial charge >= 0.3 is 0 Å². The number of benzene rings is 1. The fourth-order valence-corrected chi connectivity index (χ4v) is 3.54. The molecule has 0 unspecified atom stereocenters. The van der Waals surface area contributed by atoms with Crippen molar-refractivity contribution in [3.05, 3.63) is 22.2 Å². The number of halogens is 1. The number of amidine groups is 1. The summed E-state index contributed by atoms with van der Waals surface area (Å²) in [7, 11) is 3.24. The van der Waals surface area contributed by atoms with Gasteiger partial charge in [-0.1, -0.05) is 27.7 Å². The summed E-state index contributed by atoms with van der Waals surface area (Å²) in [6.07, 6.45) is 2.42. The molecule has 0 amide bonds. The average Bonchev–Trinajstić information content (AvgIpc) is 3.04. The van der Waals surface area contributed by atoms with Crippen LogP contribution in [-0.2, 0) is 10.5 Å². The van der Waals surface area contributed by atoms with Crippen molar-refractivity contribution in [1.29, 1.82) is 0 Å². The van der Waals surface area contributed by atoms with E-state index >= 15 is 0 Å². The fraction of sp³-hybridized carbons (Fsp3) is 0.533. The number of aliphatic imine (C=N–C) groups is 1. The number of nitrogens with zero attached hydrogens (tertiary/aromatic N) is 1. The van der Waals surface area contributed by atoms with Crippen LogP contribution >= 0.6 is 27.7 Å². The largest absolute Gasteiger partial charge is 0.493 e. The van der Waals surface area contributed by atoms with Crippen LogP contribution in [0.1, 0.15) is 18.4 Å². The van der Waals surface area contributed by atoms with Crippen molar-refractivity contribution < 1.29 is 14.2 Å². The molecule has 0 spiro atoms. The third kappa shape index (κ3) is 4.79. The monoisotopic (exact) mass is 388 g/mol. The summed E-state index contributed by atoms with van der Waals surface area (Å²) in [5, 5.41) is 0.581. The van der Waals surface area contributed by atoms with Gasteiger partial charge in [0.15, 0.2) is 16.7 Å². The van der Waals surface area contributed by atoms with Crippen LogP contribution in [0.15, 0.2) is 21.6 Å². The highest BCUT2D eigenvalue weighted by molar-refractivity contribution is 9.10. The zero-order chi connectivity index (χ0) is 15.9. The van der Waals surface area contributed by atoms with Gasteiger partial charge in [-0.2, -0.15) is 0 Å². The molecule has 1 saturated heterocycles. The Morgan fingerprint density at radius 2 is 2.14 bits per heavy atom. The lowest BCUT2D eigenvalue weighted by Gasteiger charge is -2.12. The Labute approximate surface area is 143 Å². The van der Waals surface area contributed by atoms with E-state index in [1.165, 1.54) is 11.8 Å². The topological polar surface area (TPSA) is 66.1 Å². The molecule has 1 fully saturated rings. The Morgan fingerprint density at radius 3 is 2.77 bits per heavy atom. The Bertz CT molecular complexity index is 534. The molecule has 1 atom stereocenters. The molecule has 5 nitrogen and oxygen atoms in total. The van der Waals surface area contributed by atoms with Gasteiger partial charge in [0, 0.05) is 16.8 Å². The number of methoxy groups -OCH3 is 2. The zero-order valence-corrected chi connectivity index (χ0v) is 15.2. The lowest BCUT2D eigenvalue weighted by molar-refractivity contribution is 0.118. The van der Waals surface area contributed by atoms with E-state index in [-0.39, 0.29) is 6.10 Å². The molecule has 1 heterocycles. The van der Waals surface area contributed by atoms with E-state index in [2.05, 4.69) is 20.9 Å². The predicted molar refractivity (Wildman–Crippen MR) is 94.0 cm³/mol. The molecule has 7 heteroatoms. The maximum absolute atomic E-state index is 5.96. The maximum atomic E-state index is 5.96. The van der Waals surface area contributed by atoms with Gasteiger partial charge < -0.3 is 19.9 Å². The number of hydrogen-bond acceptors (Lipinski definition) is 5. The lowest BCUT2D eigenvalue weighted by Crippen LogP contribution is -2.14. The highest BCUT2D eigenvalue weighted by Gasteiger charge is 2.15. The molecular weight excluding hydrogens is 368 g/mol. The normalized spacial score (nSPS) is 18.5. The van der Waals surface area contributed by atoms with Crippen LogP contribution in [0, 0.1) is 0 Å². The van der Waals surface area contributed by atoms with Gasteiger partial charge in [-0.3, -0.25) is 4.99 Å². The molecule has 1 aromatic rings. The number of hydrogen-bond donors (Lipinski definition) is 1. The number of thioether (sulfide) groups is 1. The van der Waals surface area contributed by atoms with Crippen molar-refractivity contribution in [3.8, 4) is 11.5 Å². The highest BCUT2D eigenvalue weighted by atomic mass is 79.9. The SMILES string of the molecule is COc1cc(Br)c(CSC(N)=NC[C@@H]2CCCO2)cc1OC. The van der Waals surface area contributed by atoms with E-state index in [1.807, 2.05) is 12.1 Å². The summed E-state index contributed by atoms with van der Waals surface area (Å²) >= 11 is 5.05. The second-order valence-corrected chi connectivity index (χ2v) is 6.75. The molecule has 1 aromatic carbocycles. The van der Waals surface area contributed by atoms with Crippen molar-refractivity contribution in [2.75, 3.05) is 27.4 Å². The smallest absolute Gasteiger partial charge is 0.161 e. The van der Waals surface area contributed by atoms with E-state index in [0.717, 1.165) is 29.5 Å². The molecule has 1 aliphatic rings. The summed E-state index contributed by atoms with van der Waals surface area (Å²) in [5.41, 5.74) is 7.04. The quantitative estimate of drug-likeness (QED) is 0.598. The average molecular weight is 389 g/mol. The van der Waals surface area contributed by atoms with Crippen LogP contribution in [0.2, 0.25) is 0 Å². The minimum atomic E-state index is 0.229. The van der Waals surface area contributed by atoms with E-state index in [1.54, 1.807) is 14.2 Å². The summed E-state index contributed by atoms with van der Waals surface area (Å²) in [4.78, 5) is 4.39. The van der Waals surface area contributed by atoms with E-state index in [0.29, 0.717) is 29.0 Å². The van der Waals surface area contributed by atoms with Crippen LogP contribution in [0.4, 0.5) is 0 Å². The second-order valence-electron chi connectivity index (χ2n) is 4.90. The van der Waals surface area contributed by atoms with Gasteiger partial charge in [-0.15, -0.1) is 0 Å². The first-order valence-corrected chi connectivity index (χ1v) is 8.86. The molecule has 0 saturated carbocycles. The fourth-order valence-electron chi connectivity index (χ4n) is 2.18. The van der Waals surface area contributed by atoms with Crippen molar-refractivity contribution >= 4 is 32.9 Å². The van der Waals surface area contributed by atoms with Crippen molar-refractivity contribution in [2.24, 2.45) is 10.7 Å². The molecule has 122 valence electrons. The Kier molecular flexibility index (Phi) is 6.85. The van der Waals surface area contributed by atoms with Crippen LogP contribution in [-0.4, -0.2) is 38.6 Å². The molecule has 0 aromatic heterocycles. The van der Waals surface area contributed by atoms with E-state index in [9.17, 15) is 0 Å². The van der Waals surface area contributed by atoms with Crippen LogP contribution in [0.3, 0.4) is 0 Å². The predicted octanol–water partition coefficient (Wildman–Crippen LogP) is 3.19. The van der Waals surface area contributed by atoms with Gasteiger partial charge in [-0.05, 0) is 30.5 Å². The summed E-state index contributed by atoms with van der Waals surface area (Å²) in [6.45, 7) is 1.48. The molecule has 0 bridgehead atoms. The van der Waals surface area contributed by atoms with Crippen molar-refractivity contribution in [3.63, 3.8) is 0 Å². The molecular formula is C15H21BrN2O3S. The first-order chi connectivity index (χ1) is 10.6. The standard InChI is InChI=1S/C15H21BrN2O3S/c1-19-13-6-10(12(16)7-14(13)20-2)9-22-15(17)18-8-11-4-3-5-21-11/h6-7,11H,3-5,8-9H2,1-2H3,(H2,17,18)/t11-/m0/s1. The lowest BCUT2D eigenvalue weighted by atomic mass is 10.2.